The van der Waals surface area contributed by atoms with Crippen LogP contribution < -0.4 is 10.6 Å². The van der Waals surface area contributed by atoms with Crippen molar-refractivity contribution >= 4 is 28.1 Å². The number of carbonyl (C=O) groups is 2. The monoisotopic (exact) mass is 281 g/mol. The summed E-state index contributed by atoms with van der Waals surface area (Å²) in [6.45, 7) is 2.34. The molecule has 0 aromatic carbocycles. The van der Waals surface area contributed by atoms with Gasteiger partial charge in [-0.3, -0.25) is 9.59 Å². The van der Waals surface area contributed by atoms with Crippen LogP contribution in [0.15, 0.2) is 11.7 Å². The van der Waals surface area contributed by atoms with Gasteiger partial charge in [-0.1, -0.05) is 0 Å². The molecule has 2 amide bonds. The molecule has 0 fully saturated rings. The number of hydrogen-bond donors (Lipinski definition) is 2. The quantitative estimate of drug-likeness (QED) is 0.778. The minimum atomic E-state index is -0.125. The van der Waals surface area contributed by atoms with Crippen LogP contribution in [0.1, 0.15) is 19.0 Å². The van der Waals surface area contributed by atoms with Crippen LogP contribution in [-0.4, -0.2) is 39.5 Å². The van der Waals surface area contributed by atoms with Crippen molar-refractivity contribution in [2.24, 2.45) is 0 Å². The number of thiazole rings is 1. The van der Waals surface area contributed by atoms with E-state index >= 15 is 0 Å². The third-order valence-electron chi connectivity index (χ3n) is 2.52. The highest BCUT2D eigenvalue weighted by molar-refractivity contribution is 7.15. The van der Waals surface area contributed by atoms with Gasteiger partial charge in [0.15, 0.2) is 0 Å². The van der Waals surface area contributed by atoms with E-state index in [0.29, 0.717) is 25.9 Å². The van der Waals surface area contributed by atoms with Gasteiger partial charge in [-0.25, -0.2) is 9.50 Å². The maximum atomic E-state index is 11.5. The van der Waals surface area contributed by atoms with Gasteiger partial charge in [-0.2, -0.15) is 5.10 Å². The minimum absolute atomic E-state index is 0.0705. The maximum Gasteiger partial charge on any atom is 0.221 e. The summed E-state index contributed by atoms with van der Waals surface area (Å²) >= 11 is 1.53. The molecule has 2 aromatic heterocycles. The van der Waals surface area contributed by atoms with E-state index in [-0.39, 0.29) is 11.8 Å². The summed E-state index contributed by atoms with van der Waals surface area (Å²) in [4.78, 5) is 27.0. The normalized spacial score (nSPS) is 10.6. The van der Waals surface area contributed by atoms with Crippen LogP contribution in [0, 0.1) is 0 Å². The Labute approximate surface area is 114 Å². The molecule has 0 atom stereocenters. The first-order chi connectivity index (χ1) is 9.16. The Morgan fingerprint density at radius 1 is 1.37 bits per heavy atom. The van der Waals surface area contributed by atoms with E-state index in [1.54, 1.807) is 4.52 Å². The van der Waals surface area contributed by atoms with Crippen LogP contribution in [0.2, 0.25) is 0 Å². The molecule has 19 heavy (non-hydrogen) atoms. The van der Waals surface area contributed by atoms with Gasteiger partial charge in [0.05, 0.1) is 5.69 Å². The van der Waals surface area contributed by atoms with Crippen molar-refractivity contribution < 1.29 is 9.59 Å². The van der Waals surface area contributed by atoms with Gasteiger partial charge >= 0.3 is 0 Å². The van der Waals surface area contributed by atoms with Crippen LogP contribution in [0.25, 0.3) is 4.96 Å². The lowest BCUT2D eigenvalue weighted by atomic mass is 10.3. The third-order valence-corrected chi connectivity index (χ3v) is 3.40. The zero-order valence-corrected chi connectivity index (χ0v) is 11.4. The second-order valence-corrected chi connectivity index (χ2v) is 4.85. The average Bonchev–Trinajstić information content (AvgIpc) is 2.93. The predicted molar refractivity (Wildman–Crippen MR) is 70.9 cm³/mol. The number of hydrogen-bond acceptors (Lipinski definition) is 5. The Kier molecular flexibility index (Phi) is 4.45. The first-order valence-corrected chi connectivity index (χ1v) is 6.82. The molecule has 2 N–H and O–H groups in total. The fraction of sp³-hybridized carbons (Fsp3) is 0.455. The van der Waals surface area contributed by atoms with Gasteiger partial charge in [0.25, 0.3) is 0 Å². The molecule has 2 aromatic rings. The highest BCUT2D eigenvalue weighted by Gasteiger charge is 2.06. The first kappa shape index (κ1) is 13.5. The Balaban J connectivity index is 1.70. The number of rotatable bonds is 6. The lowest BCUT2D eigenvalue weighted by Crippen LogP contribution is -2.30. The molecule has 0 saturated heterocycles. The smallest absolute Gasteiger partial charge is 0.221 e. The van der Waals surface area contributed by atoms with Gasteiger partial charge < -0.3 is 10.6 Å². The van der Waals surface area contributed by atoms with Gasteiger partial charge in [0, 0.05) is 38.2 Å². The van der Waals surface area contributed by atoms with E-state index in [1.807, 2.05) is 5.38 Å². The predicted octanol–water partition coefficient (Wildman–Crippen LogP) is -0.0243. The highest BCUT2D eigenvalue weighted by Crippen LogP contribution is 2.12. The Bertz CT molecular complexity index is 576. The van der Waals surface area contributed by atoms with Crippen molar-refractivity contribution in [2.75, 3.05) is 13.1 Å². The van der Waals surface area contributed by atoms with E-state index < -0.39 is 0 Å². The Morgan fingerprint density at radius 3 is 3.00 bits per heavy atom. The molecule has 102 valence electrons. The molecule has 7 nitrogen and oxygen atoms in total. The largest absolute Gasteiger partial charge is 0.356 e. The molecule has 8 heteroatoms. The zero-order chi connectivity index (χ0) is 13.7. The lowest BCUT2D eigenvalue weighted by molar-refractivity contribution is -0.121. The summed E-state index contributed by atoms with van der Waals surface area (Å²) in [5.74, 6) is -0.196. The summed E-state index contributed by atoms with van der Waals surface area (Å²) in [5.41, 5.74) is 1.03. The summed E-state index contributed by atoms with van der Waals surface area (Å²) in [6.07, 6.45) is 2.51. The topological polar surface area (TPSA) is 88.4 Å². The molecule has 0 spiro atoms. The average molecular weight is 281 g/mol. The standard InChI is InChI=1S/C11H15N5O2S/c1-8(17)12-5-3-10(18)13-4-2-9-6-19-11-14-7-15-16(9)11/h6-7H,2-5H2,1H3,(H,12,17)(H,13,18). The van der Waals surface area contributed by atoms with Crippen LogP contribution in [0.5, 0.6) is 0 Å². The summed E-state index contributed by atoms with van der Waals surface area (Å²) in [6, 6.07) is 0. The summed E-state index contributed by atoms with van der Waals surface area (Å²) in [7, 11) is 0. The zero-order valence-electron chi connectivity index (χ0n) is 10.5. The summed E-state index contributed by atoms with van der Waals surface area (Å²) < 4.78 is 1.77. The fourth-order valence-corrected chi connectivity index (χ4v) is 2.45. The minimum Gasteiger partial charge on any atom is -0.356 e. The molecule has 0 saturated carbocycles. The number of aromatic nitrogens is 3. The maximum absolute atomic E-state index is 11.5. The third kappa shape index (κ3) is 3.75. The first-order valence-electron chi connectivity index (χ1n) is 5.94. The van der Waals surface area contributed by atoms with Crippen molar-refractivity contribution in [3.05, 3.63) is 17.4 Å². The SMILES string of the molecule is CC(=O)NCCC(=O)NCCc1csc2ncnn12. The van der Waals surface area contributed by atoms with Crippen molar-refractivity contribution in [3.63, 3.8) is 0 Å². The van der Waals surface area contributed by atoms with E-state index in [1.165, 1.54) is 24.6 Å². The number of nitrogens with zero attached hydrogens (tertiary/aromatic N) is 3. The van der Waals surface area contributed by atoms with Crippen LogP contribution in [-0.2, 0) is 16.0 Å². The van der Waals surface area contributed by atoms with Crippen molar-refractivity contribution in [1.29, 1.82) is 0 Å². The van der Waals surface area contributed by atoms with Gasteiger partial charge in [-0.15, -0.1) is 11.3 Å². The van der Waals surface area contributed by atoms with Crippen molar-refractivity contribution in [3.8, 4) is 0 Å². The van der Waals surface area contributed by atoms with Crippen LogP contribution in [0.4, 0.5) is 0 Å². The van der Waals surface area contributed by atoms with E-state index in [4.69, 9.17) is 0 Å². The number of fused-ring (bicyclic) bond motifs is 1. The van der Waals surface area contributed by atoms with Crippen LogP contribution in [0.3, 0.4) is 0 Å². The van der Waals surface area contributed by atoms with E-state index in [2.05, 4.69) is 20.7 Å². The van der Waals surface area contributed by atoms with Gasteiger partial charge in [-0.05, 0) is 0 Å². The van der Waals surface area contributed by atoms with Gasteiger partial charge in [0.1, 0.15) is 6.33 Å². The molecule has 0 aliphatic heterocycles. The number of carbonyl (C=O) groups excluding carboxylic acids is 2. The Morgan fingerprint density at radius 2 is 2.21 bits per heavy atom. The van der Waals surface area contributed by atoms with Gasteiger partial charge in [0.2, 0.25) is 16.8 Å². The molecular formula is C11H15N5O2S. The molecule has 2 rings (SSSR count). The molecular weight excluding hydrogens is 266 g/mol. The molecule has 0 aliphatic rings. The number of amides is 2. The van der Waals surface area contributed by atoms with Crippen molar-refractivity contribution in [1.82, 2.24) is 25.2 Å². The molecule has 0 aliphatic carbocycles. The summed E-state index contributed by atoms with van der Waals surface area (Å²) in [5, 5.41) is 11.5. The number of nitrogens with one attached hydrogen (secondary N) is 2. The highest BCUT2D eigenvalue weighted by atomic mass is 32.1. The molecule has 0 bridgehead atoms. The van der Waals surface area contributed by atoms with Crippen LogP contribution >= 0.6 is 11.3 Å². The Hall–Kier alpha value is -1.96. The molecule has 0 radical (unpaired) electrons. The van der Waals surface area contributed by atoms with E-state index in [9.17, 15) is 9.59 Å². The van der Waals surface area contributed by atoms with E-state index in [0.717, 1.165) is 10.7 Å². The van der Waals surface area contributed by atoms with Crippen molar-refractivity contribution in [2.45, 2.75) is 19.8 Å². The fourth-order valence-electron chi connectivity index (χ4n) is 1.61. The second-order valence-electron chi connectivity index (χ2n) is 4.01. The lowest BCUT2D eigenvalue weighted by Gasteiger charge is -2.04. The second kappa shape index (κ2) is 6.28. The molecule has 2 heterocycles. The molecule has 0 unspecified atom stereocenters.